The molecule has 3 N–H and O–H groups in total. The predicted octanol–water partition coefficient (Wildman–Crippen LogP) is 0.670. The van der Waals surface area contributed by atoms with Crippen LogP contribution in [-0.4, -0.2) is 51.1 Å². The number of methoxy groups -OCH3 is 1. The highest BCUT2D eigenvalue weighted by Crippen LogP contribution is 2.26. The van der Waals surface area contributed by atoms with Gasteiger partial charge in [-0.25, -0.2) is 4.79 Å². The third-order valence-corrected chi connectivity index (χ3v) is 5.74. The molecule has 10 nitrogen and oxygen atoms in total. The molecule has 0 atom stereocenters. The number of hydrogen-bond donors (Lipinski definition) is 2. The first kappa shape index (κ1) is 22.1. The van der Waals surface area contributed by atoms with E-state index in [9.17, 15) is 14.4 Å². The maximum Gasteiger partial charge on any atom is 0.332 e. The molecule has 0 saturated heterocycles. The summed E-state index contributed by atoms with van der Waals surface area (Å²) in [5.74, 6) is -0.456. The number of hydrogen-bond acceptors (Lipinski definition) is 10. The van der Waals surface area contributed by atoms with Gasteiger partial charge in [-0.2, -0.15) is 0 Å². The van der Waals surface area contributed by atoms with E-state index in [0.717, 1.165) is 16.3 Å². The number of anilines is 2. The lowest BCUT2D eigenvalue weighted by molar-refractivity contribution is 0.102. The Morgan fingerprint density at radius 1 is 1.36 bits per heavy atom. The summed E-state index contributed by atoms with van der Waals surface area (Å²) in [4.78, 5) is 37.4. The molecule has 2 aromatic heterocycles. The molecule has 2 rings (SSSR count). The van der Waals surface area contributed by atoms with Crippen molar-refractivity contribution < 1.29 is 9.53 Å². The fraction of sp³-hybridized carbons (Fsp3) is 0.562. The van der Waals surface area contributed by atoms with Crippen molar-refractivity contribution in [3.63, 3.8) is 0 Å². The van der Waals surface area contributed by atoms with Crippen LogP contribution in [0.15, 0.2) is 13.9 Å². The van der Waals surface area contributed by atoms with E-state index in [1.54, 1.807) is 7.11 Å². The molecule has 0 saturated carbocycles. The average Bonchev–Trinajstić information content (AvgIpc) is 3.10. The van der Waals surface area contributed by atoms with Gasteiger partial charge in [-0.3, -0.25) is 18.7 Å². The van der Waals surface area contributed by atoms with E-state index in [0.29, 0.717) is 29.2 Å². The number of nitrogens with zero attached hydrogens (tertiary/aromatic N) is 4. The van der Waals surface area contributed by atoms with Crippen molar-refractivity contribution in [2.45, 2.75) is 24.7 Å². The maximum absolute atomic E-state index is 12.7. The van der Waals surface area contributed by atoms with E-state index in [-0.39, 0.29) is 23.1 Å². The largest absolute Gasteiger partial charge is 0.384 e. The Kier molecular flexibility index (Phi) is 7.78. The van der Waals surface area contributed by atoms with E-state index in [1.165, 1.54) is 23.0 Å². The van der Waals surface area contributed by atoms with Gasteiger partial charge in [0.2, 0.25) is 5.13 Å². The summed E-state index contributed by atoms with van der Waals surface area (Å²) in [5, 5.41) is 11.7. The standard InChI is InChI=1S/C16H24N6O4S2/c1-9(2)7-22-12(17)11(13(24)21(3)16(22)25)10(23)8-27-15-20-19-14(28-15)18-5-6-26-4/h9H,5-8,17H2,1-4H3,(H,18,19). The Hall–Kier alpha value is -2.18. The summed E-state index contributed by atoms with van der Waals surface area (Å²) in [7, 11) is 2.95. The third kappa shape index (κ3) is 5.20. The van der Waals surface area contributed by atoms with Crippen LogP contribution < -0.4 is 22.3 Å². The second-order valence-electron chi connectivity index (χ2n) is 6.42. The predicted molar refractivity (Wildman–Crippen MR) is 111 cm³/mol. The number of nitrogen functional groups attached to an aromatic ring is 1. The monoisotopic (exact) mass is 428 g/mol. The molecule has 0 amide bonds. The van der Waals surface area contributed by atoms with Crippen LogP contribution in [0.25, 0.3) is 0 Å². The SMILES string of the molecule is COCCNc1nnc(SCC(=O)c2c(N)n(CC(C)C)c(=O)n(C)c2=O)s1. The van der Waals surface area contributed by atoms with Crippen molar-refractivity contribution in [2.75, 3.05) is 37.1 Å². The van der Waals surface area contributed by atoms with Crippen LogP contribution in [0.1, 0.15) is 24.2 Å². The minimum atomic E-state index is -0.688. The molecule has 12 heteroatoms. The molecule has 2 heterocycles. The Morgan fingerprint density at radius 2 is 2.07 bits per heavy atom. The number of aromatic nitrogens is 4. The minimum absolute atomic E-state index is 0.0357. The van der Waals surface area contributed by atoms with Gasteiger partial charge in [0.15, 0.2) is 10.1 Å². The Bertz CT molecular complexity index is 950. The van der Waals surface area contributed by atoms with Crippen LogP contribution in [0.5, 0.6) is 0 Å². The first-order chi connectivity index (χ1) is 13.3. The molecule has 0 aliphatic carbocycles. The van der Waals surface area contributed by atoms with Gasteiger partial charge < -0.3 is 15.8 Å². The van der Waals surface area contributed by atoms with Gasteiger partial charge in [0, 0.05) is 27.2 Å². The van der Waals surface area contributed by atoms with Crippen LogP contribution in [0, 0.1) is 5.92 Å². The minimum Gasteiger partial charge on any atom is -0.384 e. The zero-order valence-corrected chi connectivity index (χ0v) is 17.9. The summed E-state index contributed by atoms with van der Waals surface area (Å²) < 4.78 is 7.72. The summed E-state index contributed by atoms with van der Waals surface area (Å²) in [5.41, 5.74) is 4.63. The third-order valence-electron chi connectivity index (χ3n) is 3.73. The topological polar surface area (TPSA) is 134 Å². The van der Waals surface area contributed by atoms with E-state index in [1.807, 2.05) is 13.8 Å². The number of ketones is 1. The molecule has 28 heavy (non-hydrogen) atoms. The van der Waals surface area contributed by atoms with Crippen LogP contribution in [0.2, 0.25) is 0 Å². The van der Waals surface area contributed by atoms with Gasteiger partial charge in [0.05, 0.1) is 12.4 Å². The molecule has 0 radical (unpaired) electrons. The molecule has 0 bridgehead atoms. The highest BCUT2D eigenvalue weighted by molar-refractivity contribution is 8.01. The van der Waals surface area contributed by atoms with Crippen molar-refractivity contribution >= 4 is 39.8 Å². The Labute approximate surface area is 170 Å². The number of thioether (sulfide) groups is 1. The number of rotatable bonds is 10. The van der Waals surface area contributed by atoms with Gasteiger partial charge in [-0.15, -0.1) is 10.2 Å². The fourth-order valence-corrected chi connectivity index (χ4v) is 4.04. The molecule has 2 aromatic rings. The van der Waals surface area contributed by atoms with Gasteiger partial charge in [-0.05, 0) is 5.92 Å². The molecule has 0 spiro atoms. The van der Waals surface area contributed by atoms with Gasteiger partial charge >= 0.3 is 5.69 Å². The second kappa shape index (κ2) is 9.85. The van der Waals surface area contributed by atoms with Gasteiger partial charge in [0.25, 0.3) is 5.56 Å². The van der Waals surface area contributed by atoms with E-state index in [2.05, 4.69) is 15.5 Å². The summed E-state index contributed by atoms with van der Waals surface area (Å²) in [6.07, 6.45) is 0. The van der Waals surface area contributed by atoms with Crippen LogP contribution in [-0.2, 0) is 18.3 Å². The van der Waals surface area contributed by atoms with Crippen LogP contribution >= 0.6 is 23.1 Å². The lowest BCUT2D eigenvalue weighted by Crippen LogP contribution is -2.43. The average molecular weight is 429 g/mol. The Morgan fingerprint density at radius 3 is 2.71 bits per heavy atom. The normalized spacial score (nSPS) is 11.2. The molecule has 154 valence electrons. The van der Waals surface area contributed by atoms with Crippen molar-refractivity contribution in [3.05, 3.63) is 26.4 Å². The van der Waals surface area contributed by atoms with Crippen LogP contribution in [0.4, 0.5) is 10.9 Å². The lowest BCUT2D eigenvalue weighted by atomic mass is 10.2. The number of nitrogens with two attached hydrogens (primary N) is 1. The zero-order valence-electron chi connectivity index (χ0n) is 16.2. The quantitative estimate of drug-likeness (QED) is 0.318. The number of carbonyl (C=O) groups is 1. The lowest BCUT2D eigenvalue weighted by Gasteiger charge is -2.15. The van der Waals surface area contributed by atoms with Crippen LogP contribution in [0.3, 0.4) is 0 Å². The summed E-state index contributed by atoms with van der Waals surface area (Å²) >= 11 is 2.46. The number of nitrogens with one attached hydrogen (secondary N) is 1. The summed E-state index contributed by atoms with van der Waals surface area (Å²) in [6.45, 7) is 5.29. The second-order valence-corrected chi connectivity index (χ2v) is 8.62. The maximum atomic E-state index is 12.7. The van der Waals surface area contributed by atoms with Crippen molar-refractivity contribution in [3.8, 4) is 0 Å². The van der Waals surface area contributed by atoms with E-state index in [4.69, 9.17) is 10.5 Å². The molecule has 0 aliphatic rings. The molecule has 0 fully saturated rings. The highest BCUT2D eigenvalue weighted by atomic mass is 32.2. The van der Waals surface area contributed by atoms with Gasteiger partial charge in [0.1, 0.15) is 11.4 Å². The molecule has 0 aromatic carbocycles. The molecular formula is C16H24N6O4S2. The fourth-order valence-electron chi connectivity index (χ4n) is 2.39. The van der Waals surface area contributed by atoms with E-state index < -0.39 is 17.0 Å². The first-order valence-corrected chi connectivity index (χ1v) is 10.4. The number of carbonyl (C=O) groups excluding carboxylic acids is 1. The summed E-state index contributed by atoms with van der Waals surface area (Å²) in [6, 6.07) is 0. The van der Waals surface area contributed by atoms with E-state index >= 15 is 0 Å². The van der Waals surface area contributed by atoms with Crippen molar-refractivity contribution in [1.29, 1.82) is 0 Å². The zero-order chi connectivity index (χ0) is 20.8. The number of ether oxygens (including phenoxy) is 1. The Balaban J connectivity index is 2.17. The first-order valence-electron chi connectivity index (χ1n) is 8.57. The smallest absolute Gasteiger partial charge is 0.332 e. The van der Waals surface area contributed by atoms with Crippen molar-refractivity contribution in [1.82, 2.24) is 19.3 Å². The number of Topliss-reactive ketones (excluding diaryl/α,β-unsaturated/α-hetero) is 1. The van der Waals surface area contributed by atoms with Crippen molar-refractivity contribution in [2.24, 2.45) is 13.0 Å². The molecule has 0 unspecified atom stereocenters. The highest BCUT2D eigenvalue weighted by Gasteiger charge is 2.22. The molecular weight excluding hydrogens is 404 g/mol. The van der Waals surface area contributed by atoms with Gasteiger partial charge in [-0.1, -0.05) is 36.9 Å². The molecule has 0 aliphatic heterocycles.